The van der Waals surface area contributed by atoms with Crippen LogP contribution in [0, 0.1) is 18.7 Å². The number of rotatable bonds is 12. The molecule has 2 N–H and O–H groups in total. The first kappa shape index (κ1) is 47.3. The number of imide groups is 1. The number of piperidine rings is 2. The maximum Gasteiger partial charge on any atom is 0.249 e. The second-order valence-electron chi connectivity index (χ2n) is 21.6. The van der Waals surface area contributed by atoms with Crippen molar-refractivity contribution in [1.29, 1.82) is 0 Å². The highest BCUT2D eigenvalue weighted by molar-refractivity contribution is 6.14. The van der Waals surface area contributed by atoms with Crippen LogP contribution >= 0.6 is 0 Å². The molecule has 3 aromatic carbocycles. The fourth-order valence-electron chi connectivity index (χ4n) is 11.1. The van der Waals surface area contributed by atoms with E-state index in [1.54, 1.807) is 17.9 Å². The van der Waals surface area contributed by atoms with Crippen LogP contribution in [0.25, 0.3) is 33.2 Å². The number of hydrogen-bond donors (Lipinski definition) is 2. The fourth-order valence-corrected chi connectivity index (χ4v) is 11.1. The summed E-state index contributed by atoms with van der Waals surface area (Å²) in [4.78, 5) is 77.3. The van der Waals surface area contributed by atoms with Crippen LogP contribution in [0.2, 0.25) is 0 Å². The van der Waals surface area contributed by atoms with E-state index < -0.39 is 17.4 Å². The van der Waals surface area contributed by atoms with E-state index >= 15 is 4.39 Å². The number of carbonyl (C=O) groups excluding carboxylic acids is 4. The minimum Gasteiger partial charge on any atom is -0.369 e. The van der Waals surface area contributed by atoms with Gasteiger partial charge in [0.05, 0.1) is 16.5 Å². The number of likely N-dealkylation sites (tertiary alicyclic amines) is 1. The van der Waals surface area contributed by atoms with Gasteiger partial charge in [0.25, 0.3) is 0 Å². The zero-order chi connectivity index (χ0) is 49.2. The first-order valence-electron chi connectivity index (χ1n) is 24.9. The van der Waals surface area contributed by atoms with Crippen LogP contribution in [0.1, 0.15) is 125 Å². The van der Waals surface area contributed by atoms with Gasteiger partial charge < -0.3 is 14.4 Å². The average molecular weight is 951 g/mol. The van der Waals surface area contributed by atoms with Gasteiger partial charge in [-0.25, -0.2) is 14.4 Å². The Hall–Kier alpha value is -6.39. The lowest BCUT2D eigenvalue weighted by Gasteiger charge is -2.39. The molecule has 16 heteroatoms. The van der Waals surface area contributed by atoms with Crippen molar-refractivity contribution in [1.82, 2.24) is 40.2 Å². The Morgan fingerprint density at radius 2 is 1.71 bits per heavy atom. The van der Waals surface area contributed by atoms with E-state index in [1.165, 1.54) is 11.9 Å². The number of anilines is 2. The lowest BCUT2D eigenvalue weighted by atomic mass is 9.85. The Bertz CT molecular complexity index is 3030. The number of nitrogens with one attached hydrogen (secondary N) is 2. The summed E-state index contributed by atoms with van der Waals surface area (Å²) >= 11 is 0. The Kier molecular flexibility index (Phi) is 12.4. The molecule has 1 unspecified atom stereocenters. The van der Waals surface area contributed by atoms with Crippen molar-refractivity contribution in [3.05, 3.63) is 94.6 Å². The molecule has 3 aromatic heterocycles. The first-order chi connectivity index (χ1) is 33.4. The molecule has 3 saturated heterocycles. The molecule has 3 fully saturated rings. The summed E-state index contributed by atoms with van der Waals surface area (Å²) in [6.07, 6.45) is 5.05. The summed E-state index contributed by atoms with van der Waals surface area (Å²) in [6, 6.07) is 15.7. The van der Waals surface area contributed by atoms with Gasteiger partial charge >= 0.3 is 0 Å². The summed E-state index contributed by atoms with van der Waals surface area (Å²) in [5.41, 5.74) is 6.81. The molecule has 6 aromatic rings. The number of aromatic nitrogens is 5. The van der Waals surface area contributed by atoms with Crippen LogP contribution in [0.3, 0.4) is 0 Å². The number of benzene rings is 3. The number of hydrogen-bond acceptors (Lipinski definition) is 12. The summed E-state index contributed by atoms with van der Waals surface area (Å²) in [5.74, 6) is -0.268. The first-order valence-corrected chi connectivity index (χ1v) is 24.9. The quantitative estimate of drug-likeness (QED) is 0.0892. The highest BCUT2D eigenvalue weighted by atomic mass is 19.1. The minimum atomic E-state index is -0.758. The van der Waals surface area contributed by atoms with Gasteiger partial charge in [-0.15, -0.1) is 0 Å². The Labute approximate surface area is 407 Å². The van der Waals surface area contributed by atoms with Crippen molar-refractivity contribution in [3.63, 3.8) is 0 Å². The molecule has 70 heavy (non-hydrogen) atoms. The molecule has 10 rings (SSSR count). The molecule has 3 amide bonds. The topological polar surface area (TPSA) is 174 Å². The summed E-state index contributed by atoms with van der Waals surface area (Å²) in [5, 5.41) is 8.03. The van der Waals surface area contributed by atoms with Crippen molar-refractivity contribution in [2.75, 3.05) is 55.6 Å². The van der Waals surface area contributed by atoms with Crippen molar-refractivity contribution in [2.24, 2.45) is 5.92 Å². The van der Waals surface area contributed by atoms with Crippen LogP contribution < -0.4 is 15.1 Å². The summed E-state index contributed by atoms with van der Waals surface area (Å²) in [7, 11) is 0. The monoisotopic (exact) mass is 950 g/mol. The molecule has 0 saturated carbocycles. The minimum absolute atomic E-state index is 0.0811. The normalized spacial score (nSPS) is 19.9. The number of amides is 3. The smallest absolute Gasteiger partial charge is 0.249 e. The highest BCUT2D eigenvalue weighted by Gasteiger charge is 2.49. The second kappa shape index (κ2) is 18.4. The number of ketones is 1. The molecule has 4 aliphatic heterocycles. The van der Waals surface area contributed by atoms with Crippen LogP contribution in [0.5, 0.6) is 0 Å². The molecule has 7 heterocycles. The predicted molar refractivity (Wildman–Crippen MR) is 266 cm³/mol. The number of carbonyl (C=O) groups is 4. The fraction of sp³-hybridized carbons (Fsp3) is 0.481. The van der Waals surface area contributed by atoms with Gasteiger partial charge in [0.15, 0.2) is 0 Å². The van der Waals surface area contributed by atoms with Crippen LogP contribution in [-0.2, 0) is 31.8 Å². The van der Waals surface area contributed by atoms with E-state index in [9.17, 15) is 19.2 Å². The van der Waals surface area contributed by atoms with Gasteiger partial charge in [0.1, 0.15) is 23.8 Å². The predicted octanol–water partition coefficient (Wildman–Crippen LogP) is 8.14. The van der Waals surface area contributed by atoms with Gasteiger partial charge in [0, 0.05) is 85.4 Å². The SMILES string of the molecule is Cc1c([C@@H](C)CCC(=O)c2noc(C(C)(C)C)n2)ccc(-c2ncnc3[nH]c4cc(N5CCN(CC6CCN(Cc7ccc8c(c7)C(C)(C)C(=O)N8C7CCC(=O)NC7=O)CC6)CC5)ccc4c23)c1F. The van der Waals surface area contributed by atoms with Gasteiger partial charge in [-0.3, -0.25) is 39.2 Å². The third-order valence-corrected chi connectivity index (χ3v) is 15.3. The molecule has 0 radical (unpaired) electrons. The molecular formula is C54H63FN10O5. The van der Waals surface area contributed by atoms with E-state index in [2.05, 4.69) is 75.4 Å². The van der Waals surface area contributed by atoms with Gasteiger partial charge in [-0.2, -0.15) is 4.98 Å². The standard InChI is InChI=1S/C54H63FN10O5/c1-31(8-16-43(66)48-60-51(70-61-48)53(3,4)5)36-12-13-38(46(55)32(36)2)47-45-37-11-10-35(27-40(37)58-49(45)57-30-56-47)64-24-22-63(23-25-64)28-33-18-20-62(21-19-33)29-34-9-14-41-39(26-34)54(6,7)52(69)65(41)42-15-17-44(67)59-50(42)68/h9-14,26-27,30-31,33,42H,8,15-25,28-29H2,1-7H3,(H,56,57,58)(H,59,67,68)/t31-,42?/m0/s1. The number of piperazine rings is 1. The van der Waals surface area contributed by atoms with Crippen LogP contribution in [0.4, 0.5) is 15.8 Å². The molecule has 0 aliphatic carbocycles. The third kappa shape index (κ3) is 8.88. The number of H-pyrrole nitrogens is 1. The second-order valence-corrected chi connectivity index (χ2v) is 21.6. The molecular weight excluding hydrogens is 888 g/mol. The van der Waals surface area contributed by atoms with E-state index in [1.807, 2.05) is 53.7 Å². The molecule has 0 spiro atoms. The Morgan fingerprint density at radius 1 is 0.943 bits per heavy atom. The summed E-state index contributed by atoms with van der Waals surface area (Å²) < 4.78 is 21.8. The van der Waals surface area contributed by atoms with Gasteiger partial charge in [-0.05, 0) is 118 Å². The van der Waals surface area contributed by atoms with Crippen molar-refractivity contribution < 1.29 is 28.1 Å². The van der Waals surface area contributed by atoms with Gasteiger partial charge in [0.2, 0.25) is 35.2 Å². The van der Waals surface area contributed by atoms with Gasteiger partial charge in [-0.1, -0.05) is 57.1 Å². The zero-order valence-corrected chi connectivity index (χ0v) is 41.3. The molecule has 15 nitrogen and oxygen atoms in total. The molecule has 2 atom stereocenters. The van der Waals surface area contributed by atoms with Crippen molar-refractivity contribution in [2.45, 2.75) is 116 Å². The largest absolute Gasteiger partial charge is 0.369 e. The lowest BCUT2D eigenvalue weighted by molar-refractivity contribution is -0.136. The molecule has 0 bridgehead atoms. The maximum absolute atomic E-state index is 16.4. The van der Waals surface area contributed by atoms with Crippen molar-refractivity contribution >= 4 is 56.8 Å². The lowest BCUT2D eigenvalue weighted by Crippen LogP contribution is -2.55. The van der Waals surface area contributed by atoms with Crippen molar-refractivity contribution in [3.8, 4) is 11.3 Å². The van der Waals surface area contributed by atoms with E-state index in [0.717, 1.165) is 104 Å². The average Bonchev–Trinajstić information content (AvgIpc) is 4.04. The zero-order valence-electron chi connectivity index (χ0n) is 41.3. The highest BCUT2D eigenvalue weighted by Crippen LogP contribution is 2.44. The number of Topliss-reactive ketones (excluding diaryl/α,β-unsaturated/α-hetero) is 1. The number of fused-ring (bicyclic) bond motifs is 4. The van der Waals surface area contributed by atoms with Crippen LogP contribution in [0.15, 0.2) is 59.4 Å². The Balaban J connectivity index is 0.733. The van der Waals surface area contributed by atoms with E-state index in [-0.39, 0.29) is 53.4 Å². The maximum atomic E-state index is 16.4. The number of halogens is 1. The molecule has 366 valence electrons. The molecule has 4 aliphatic rings. The van der Waals surface area contributed by atoms with Crippen LogP contribution in [-0.4, -0.2) is 110 Å². The van der Waals surface area contributed by atoms with E-state index in [4.69, 9.17) is 4.52 Å². The number of nitrogens with zero attached hydrogens (tertiary/aromatic N) is 8. The third-order valence-electron chi connectivity index (χ3n) is 15.3. The Morgan fingerprint density at radius 3 is 2.44 bits per heavy atom. The van der Waals surface area contributed by atoms with E-state index in [0.29, 0.717) is 47.1 Å². The summed E-state index contributed by atoms with van der Waals surface area (Å²) in [6.45, 7) is 21.3. The number of aromatic amines is 1.